The van der Waals surface area contributed by atoms with Crippen LogP contribution >= 0.6 is 0 Å². The summed E-state index contributed by atoms with van der Waals surface area (Å²) in [6.07, 6.45) is -3.62. The highest BCUT2D eigenvalue weighted by atomic mass is 19.3. The monoisotopic (exact) mass is 205 g/mol. The summed E-state index contributed by atoms with van der Waals surface area (Å²) in [6, 6.07) is 0. The fourth-order valence-corrected chi connectivity index (χ4v) is 1.11. The van der Waals surface area contributed by atoms with E-state index in [1.165, 1.54) is 6.92 Å². The molecule has 14 heavy (non-hydrogen) atoms. The lowest BCUT2D eigenvalue weighted by Crippen LogP contribution is -1.94. The number of aliphatic hydroxyl groups excluding tert-OH is 1. The van der Waals surface area contributed by atoms with E-state index in [9.17, 15) is 8.78 Å². The first-order valence-corrected chi connectivity index (χ1v) is 4.40. The van der Waals surface area contributed by atoms with Crippen molar-refractivity contribution in [1.29, 1.82) is 0 Å². The van der Waals surface area contributed by atoms with Gasteiger partial charge < -0.3 is 9.52 Å². The van der Waals surface area contributed by atoms with E-state index in [4.69, 9.17) is 9.52 Å². The van der Waals surface area contributed by atoms with E-state index in [2.05, 4.69) is 4.98 Å². The summed E-state index contributed by atoms with van der Waals surface area (Å²) in [5.74, 6) is -0.0705. The van der Waals surface area contributed by atoms with E-state index in [-0.39, 0.29) is 23.3 Å². The highest BCUT2D eigenvalue weighted by Gasteiger charge is 2.24. The maximum Gasteiger partial charge on any atom is 0.283 e. The largest absolute Gasteiger partial charge is 0.442 e. The average Bonchev–Trinajstić information content (AvgIpc) is 2.47. The lowest BCUT2D eigenvalue weighted by atomic mass is 10.1. The lowest BCUT2D eigenvalue weighted by molar-refractivity contribution is 0.143. The molecule has 0 saturated carbocycles. The van der Waals surface area contributed by atoms with Gasteiger partial charge in [0.1, 0.15) is 17.6 Å². The summed E-state index contributed by atoms with van der Waals surface area (Å²) < 4.78 is 30.0. The molecule has 0 aromatic carbocycles. The van der Waals surface area contributed by atoms with Gasteiger partial charge in [0, 0.05) is 5.92 Å². The third kappa shape index (κ3) is 2.09. The molecule has 0 aliphatic rings. The number of oxazole rings is 1. The summed E-state index contributed by atoms with van der Waals surface area (Å²) in [6.45, 7) is 4.89. The SMILES string of the molecule is CC(C)c1oc(C(C)O)nc1C(F)F. The molecule has 0 amide bonds. The number of nitrogens with zero attached hydrogens (tertiary/aromatic N) is 1. The average molecular weight is 205 g/mol. The molecule has 1 unspecified atom stereocenters. The van der Waals surface area contributed by atoms with Gasteiger partial charge in [-0.25, -0.2) is 13.8 Å². The molecule has 80 valence electrons. The van der Waals surface area contributed by atoms with Crippen molar-refractivity contribution < 1.29 is 18.3 Å². The smallest absolute Gasteiger partial charge is 0.283 e. The topological polar surface area (TPSA) is 46.3 Å². The Kier molecular flexibility index (Phi) is 3.21. The van der Waals surface area contributed by atoms with Crippen molar-refractivity contribution in [3.8, 4) is 0 Å². The van der Waals surface area contributed by atoms with Gasteiger partial charge in [-0.05, 0) is 6.92 Å². The highest BCUT2D eigenvalue weighted by Crippen LogP contribution is 2.30. The predicted molar refractivity (Wildman–Crippen MR) is 46.2 cm³/mol. The van der Waals surface area contributed by atoms with Gasteiger partial charge in [0.15, 0.2) is 0 Å². The van der Waals surface area contributed by atoms with Crippen molar-refractivity contribution in [2.45, 2.75) is 39.2 Å². The van der Waals surface area contributed by atoms with Crippen molar-refractivity contribution >= 4 is 0 Å². The number of rotatable bonds is 3. The normalized spacial score (nSPS) is 14.0. The second-order valence-electron chi connectivity index (χ2n) is 3.43. The third-order valence-electron chi connectivity index (χ3n) is 1.79. The first-order chi connectivity index (χ1) is 6.43. The van der Waals surface area contributed by atoms with Crippen LogP contribution in [-0.2, 0) is 0 Å². The molecule has 0 spiro atoms. The summed E-state index contributed by atoms with van der Waals surface area (Å²) in [7, 11) is 0. The molecule has 1 N–H and O–H groups in total. The quantitative estimate of drug-likeness (QED) is 0.825. The molecule has 0 saturated heterocycles. The Morgan fingerprint density at radius 1 is 1.29 bits per heavy atom. The lowest BCUT2D eigenvalue weighted by Gasteiger charge is -2.01. The van der Waals surface area contributed by atoms with Crippen molar-refractivity contribution in [3.63, 3.8) is 0 Å². The van der Waals surface area contributed by atoms with Crippen LogP contribution in [0.1, 0.15) is 56.6 Å². The zero-order valence-corrected chi connectivity index (χ0v) is 8.29. The molecule has 3 nitrogen and oxygen atoms in total. The first-order valence-electron chi connectivity index (χ1n) is 4.40. The molecule has 0 radical (unpaired) electrons. The van der Waals surface area contributed by atoms with Gasteiger partial charge in [0.05, 0.1) is 0 Å². The van der Waals surface area contributed by atoms with Gasteiger partial charge in [-0.15, -0.1) is 0 Å². The minimum atomic E-state index is -2.66. The molecule has 1 aromatic heterocycles. The summed E-state index contributed by atoms with van der Waals surface area (Å²) >= 11 is 0. The van der Waals surface area contributed by atoms with Gasteiger partial charge >= 0.3 is 0 Å². The molecule has 5 heteroatoms. The summed E-state index contributed by atoms with van der Waals surface area (Å²) in [5, 5.41) is 9.12. The van der Waals surface area contributed by atoms with Crippen LogP contribution in [-0.4, -0.2) is 10.1 Å². The van der Waals surface area contributed by atoms with E-state index in [0.717, 1.165) is 0 Å². The van der Waals surface area contributed by atoms with Gasteiger partial charge in [-0.3, -0.25) is 0 Å². The standard InChI is InChI=1S/C9H13F2NO2/c1-4(2)7-6(8(10)11)12-9(14-7)5(3)13/h4-5,8,13H,1-3H3. The van der Waals surface area contributed by atoms with Crippen molar-refractivity contribution in [1.82, 2.24) is 4.98 Å². The number of aliphatic hydroxyl groups is 1. The van der Waals surface area contributed by atoms with Crippen molar-refractivity contribution in [2.24, 2.45) is 0 Å². The van der Waals surface area contributed by atoms with Crippen molar-refractivity contribution in [2.75, 3.05) is 0 Å². The number of hydrogen-bond acceptors (Lipinski definition) is 3. The van der Waals surface area contributed by atoms with Crippen LogP contribution in [0.15, 0.2) is 4.42 Å². The summed E-state index contributed by atoms with van der Waals surface area (Å²) in [4.78, 5) is 3.56. The van der Waals surface area contributed by atoms with Gasteiger partial charge in [-0.2, -0.15) is 0 Å². The van der Waals surface area contributed by atoms with E-state index in [0.29, 0.717) is 0 Å². The van der Waals surface area contributed by atoms with Crippen LogP contribution in [0.25, 0.3) is 0 Å². The second-order valence-corrected chi connectivity index (χ2v) is 3.43. The minimum Gasteiger partial charge on any atom is -0.442 e. The van der Waals surface area contributed by atoms with Gasteiger partial charge in [0.2, 0.25) is 5.89 Å². The van der Waals surface area contributed by atoms with Crippen LogP contribution in [0.2, 0.25) is 0 Å². The third-order valence-corrected chi connectivity index (χ3v) is 1.79. The predicted octanol–water partition coefficient (Wildman–Crippen LogP) is 2.79. The van der Waals surface area contributed by atoms with Crippen LogP contribution in [0.5, 0.6) is 0 Å². The Hall–Kier alpha value is -0.970. The fourth-order valence-electron chi connectivity index (χ4n) is 1.11. The number of aromatic nitrogens is 1. The molecule has 0 bridgehead atoms. The zero-order valence-electron chi connectivity index (χ0n) is 8.29. The Labute approximate surface area is 80.8 Å². The highest BCUT2D eigenvalue weighted by molar-refractivity contribution is 5.15. The number of halogens is 2. The Morgan fingerprint density at radius 2 is 1.86 bits per heavy atom. The van der Waals surface area contributed by atoms with Gasteiger partial charge in [-0.1, -0.05) is 13.8 Å². The molecular formula is C9H13F2NO2. The van der Waals surface area contributed by atoms with E-state index >= 15 is 0 Å². The molecule has 0 aliphatic heterocycles. The molecule has 0 aliphatic carbocycles. The second kappa shape index (κ2) is 4.04. The van der Waals surface area contributed by atoms with Gasteiger partial charge in [0.25, 0.3) is 6.43 Å². The van der Waals surface area contributed by atoms with Crippen LogP contribution in [0, 0.1) is 0 Å². The molecule has 1 heterocycles. The van der Waals surface area contributed by atoms with Crippen LogP contribution < -0.4 is 0 Å². The van der Waals surface area contributed by atoms with Crippen LogP contribution in [0.4, 0.5) is 8.78 Å². The molecular weight excluding hydrogens is 192 g/mol. The van der Waals surface area contributed by atoms with E-state index in [1.54, 1.807) is 13.8 Å². The minimum absolute atomic E-state index is 0.0519. The maximum atomic E-state index is 12.5. The van der Waals surface area contributed by atoms with E-state index < -0.39 is 12.5 Å². The summed E-state index contributed by atoms with van der Waals surface area (Å²) in [5.41, 5.74) is -0.365. The number of alkyl halides is 2. The Bertz CT molecular complexity index is 282. The zero-order chi connectivity index (χ0) is 10.9. The molecule has 1 rings (SSSR count). The molecule has 0 fully saturated rings. The Balaban J connectivity index is 3.12. The maximum absolute atomic E-state index is 12.5. The molecule has 1 atom stereocenters. The number of hydrogen-bond donors (Lipinski definition) is 1. The van der Waals surface area contributed by atoms with Crippen LogP contribution in [0.3, 0.4) is 0 Å². The Morgan fingerprint density at radius 3 is 2.14 bits per heavy atom. The fraction of sp³-hybridized carbons (Fsp3) is 0.667. The van der Waals surface area contributed by atoms with Crippen molar-refractivity contribution in [3.05, 3.63) is 17.3 Å². The van der Waals surface area contributed by atoms with E-state index in [1.807, 2.05) is 0 Å². The first kappa shape index (κ1) is 11.1. The molecule has 1 aromatic rings.